The van der Waals surface area contributed by atoms with Crippen LogP contribution in [0.2, 0.25) is 0 Å². The zero-order chi connectivity index (χ0) is 17.6. The van der Waals surface area contributed by atoms with Crippen molar-refractivity contribution in [1.29, 1.82) is 0 Å². The van der Waals surface area contributed by atoms with Gasteiger partial charge in [0.15, 0.2) is 11.5 Å². The SMILES string of the molecule is COc1ccc(CCO[C@H]2CCCC[C@@H]2N2CCC(=O)C2)cc1OC. The summed E-state index contributed by atoms with van der Waals surface area (Å²) in [4.78, 5) is 13.9. The number of likely N-dealkylation sites (tertiary alicyclic amines) is 1. The summed E-state index contributed by atoms with van der Waals surface area (Å²) in [5, 5.41) is 0. The van der Waals surface area contributed by atoms with E-state index in [0.29, 0.717) is 31.4 Å². The molecule has 25 heavy (non-hydrogen) atoms. The highest BCUT2D eigenvalue weighted by Crippen LogP contribution is 2.29. The first-order chi connectivity index (χ1) is 12.2. The number of carbonyl (C=O) groups excluding carboxylic acids is 1. The van der Waals surface area contributed by atoms with Crippen LogP contribution < -0.4 is 9.47 Å². The molecule has 0 bridgehead atoms. The first-order valence-electron chi connectivity index (χ1n) is 9.29. The van der Waals surface area contributed by atoms with Crippen LogP contribution in [0.15, 0.2) is 18.2 Å². The van der Waals surface area contributed by atoms with Gasteiger partial charge in [0, 0.05) is 19.0 Å². The minimum atomic E-state index is 0.250. The number of rotatable bonds is 7. The Hall–Kier alpha value is -1.59. The Kier molecular flexibility index (Phi) is 6.32. The summed E-state index contributed by atoms with van der Waals surface area (Å²) < 4.78 is 16.9. The predicted molar refractivity (Wildman–Crippen MR) is 96.4 cm³/mol. The number of ether oxygens (including phenoxy) is 3. The second-order valence-corrected chi connectivity index (χ2v) is 6.96. The van der Waals surface area contributed by atoms with Gasteiger partial charge >= 0.3 is 0 Å². The molecule has 5 heteroatoms. The molecule has 0 N–H and O–H groups in total. The number of ketones is 1. The molecule has 0 radical (unpaired) electrons. The van der Waals surface area contributed by atoms with Gasteiger partial charge in [0.05, 0.1) is 33.5 Å². The van der Waals surface area contributed by atoms with Crippen molar-refractivity contribution in [2.45, 2.75) is 50.7 Å². The summed E-state index contributed by atoms with van der Waals surface area (Å²) in [6.07, 6.45) is 6.51. The third-order valence-electron chi connectivity index (χ3n) is 5.36. The molecule has 0 spiro atoms. The van der Waals surface area contributed by atoms with Crippen molar-refractivity contribution in [2.75, 3.05) is 33.9 Å². The zero-order valence-corrected chi connectivity index (χ0v) is 15.3. The molecule has 3 rings (SSSR count). The fourth-order valence-electron chi connectivity index (χ4n) is 3.99. The minimum absolute atomic E-state index is 0.250. The highest BCUT2D eigenvalue weighted by molar-refractivity contribution is 5.82. The maximum absolute atomic E-state index is 11.6. The monoisotopic (exact) mass is 347 g/mol. The van der Waals surface area contributed by atoms with Gasteiger partial charge in [0.25, 0.3) is 0 Å². The Labute approximate surface area is 150 Å². The van der Waals surface area contributed by atoms with E-state index in [0.717, 1.165) is 37.3 Å². The van der Waals surface area contributed by atoms with Gasteiger partial charge in [-0.2, -0.15) is 0 Å². The summed E-state index contributed by atoms with van der Waals surface area (Å²) >= 11 is 0. The van der Waals surface area contributed by atoms with Crippen LogP contribution in [0, 0.1) is 0 Å². The number of hydrogen-bond donors (Lipinski definition) is 0. The normalized spacial score (nSPS) is 24.5. The lowest BCUT2D eigenvalue weighted by molar-refractivity contribution is -0.117. The molecule has 0 amide bonds. The molecule has 0 aromatic heterocycles. The van der Waals surface area contributed by atoms with Crippen molar-refractivity contribution < 1.29 is 19.0 Å². The molecule has 1 aliphatic carbocycles. The Balaban J connectivity index is 1.54. The van der Waals surface area contributed by atoms with Gasteiger partial charge in [-0.3, -0.25) is 9.69 Å². The van der Waals surface area contributed by atoms with Crippen LogP contribution in [0.1, 0.15) is 37.7 Å². The number of benzene rings is 1. The second-order valence-electron chi connectivity index (χ2n) is 6.96. The molecule has 1 heterocycles. The van der Waals surface area contributed by atoms with Crippen molar-refractivity contribution in [2.24, 2.45) is 0 Å². The molecule has 0 unspecified atom stereocenters. The van der Waals surface area contributed by atoms with E-state index in [4.69, 9.17) is 14.2 Å². The van der Waals surface area contributed by atoms with Gasteiger partial charge in [-0.15, -0.1) is 0 Å². The van der Waals surface area contributed by atoms with E-state index in [1.165, 1.54) is 18.4 Å². The number of Topliss-reactive ketones (excluding diaryl/α,β-unsaturated/α-hetero) is 1. The van der Waals surface area contributed by atoms with Gasteiger partial charge < -0.3 is 14.2 Å². The number of nitrogens with zero attached hydrogens (tertiary/aromatic N) is 1. The van der Waals surface area contributed by atoms with E-state index < -0.39 is 0 Å². The average Bonchev–Trinajstić information content (AvgIpc) is 3.08. The number of carbonyl (C=O) groups is 1. The molecule has 2 fully saturated rings. The number of methoxy groups -OCH3 is 2. The molecule has 1 aliphatic heterocycles. The topological polar surface area (TPSA) is 48.0 Å². The van der Waals surface area contributed by atoms with E-state index in [2.05, 4.69) is 11.0 Å². The molecule has 1 aromatic carbocycles. The Morgan fingerprint density at radius 2 is 1.92 bits per heavy atom. The molecule has 1 saturated heterocycles. The van der Waals surface area contributed by atoms with E-state index in [-0.39, 0.29) is 6.10 Å². The molecular weight excluding hydrogens is 318 g/mol. The second kappa shape index (κ2) is 8.68. The number of hydrogen-bond acceptors (Lipinski definition) is 5. The highest BCUT2D eigenvalue weighted by atomic mass is 16.5. The molecule has 5 nitrogen and oxygen atoms in total. The van der Waals surface area contributed by atoms with Crippen LogP contribution in [-0.2, 0) is 16.0 Å². The fraction of sp³-hybridized carbons (Fsp3) is 0.650. The van der Waals surface area contributed by atoms with Crippen LogP contribution in [0.3, 0.4) is 0 Å². The first kappa shape index (κ1) is 18.2. The van der Waals surface area contributed by atoms with Crippen molar-refractivity contribution >= 4 is 5.78 Å². The smallest absolute Gasteiger partial charge is 0.160 e. The molecular formula is C20H29NO4. The van der Waals surface area contributed by atoms with Gasteiger partial charge in [-0.25, -0.2) is 0 Å². The third kappa shape index (κ3) is 4.53. The zero-order valence-electron chi connectivity index (χ0n) is 15.3. The van der Waals surface area contributed by atoms with Crippen molar-refractivity contribution in [3.63, 3.8) is 0 Å². The minimum Gasteiger partial charge on any atom is -0.493 e. The van der Waals surface area contributed by atoms with Gasteiger partial charge in [-0.05, 0) is 37.0 Å². The lowest BCUT2D eigenvalue weighted by atomic mass is 9.91. The quantitative estimate of drug-likeness (QED) is 0.759. The summed E-state index contributed by atoms with van der Waals surface area (Å²) in [5.74, 6) is 1.87. The van der Waals surface area contributed by atoms with Gasteiger partial charge in [0.2, 0.25) is 0 Å². The van der Waals surface area contributed by atoms with Crippen LogP contribution in [0.25, 0.3) is 0 Å². The lowest BCUT2D eigenvalue weighted by Gasteiger charge is -2.37. The molecule has 1 aromatic rings. The molecule has 2 atom stereocenters. The highest BCUT2D eigenvalue weighted by Gasteiger charge is 2.34. The van der Waals surface area contributed by atoms with Gasteiger partial charge in [-0.1, -0.05) is 18.9 Å². The average molecular weight is 347 g/mol. The third-order valence-corrected chi connectivity index (χ3v) is 5.36. The van der Waals surface area contributed by atoms with Crippen molar-refractivity contribution in [3.8, 4) is 11.5 Å². The largest absolute Gasteiger partial charge is 0.493 e. The van der Waals surface area contributed by atoms with Gasteiger partial charge in [0.1, 0.15) is 5.78 Å². The van der Waals surface area contributed by atoms with Crippen LogP contribution in [-0.4, -0.2) is 56.7 Å². The Morgan fingerprint density at radius 3 is 2.64 bits per heavy atom. The van der Waals surface area contributed by atoms with E-state index >= 15 is 0 Å². The first-order valence-corrected chi connectivity index (χ1v) is 9.29. The van der Waals surface area contributed by atoms with Crippen molar-refractivity contribution in [1.82, 2.24) is 4.90 Å². The molecule has 1 saturated carbocycles. The molecule has 2 aliphatic rings. The van der Waals surface area contributed by atoms with Crippen LogP contribution >= 0.6 is 0 Å². The van der Waals surface area contributed by atoms with E-state index in [9.17, 15) is 4.79 Å². The Morgan fingerprint density at radius 1 is 1.12 bits per heavy atom. The summed E-state index contributed by atoms with van der Waals surface area (Å²) in [5.41, 5.74) is 1.18. The fourth-order valence-corrected chi connectivity index (χ4v) is 3.99. The Bertz CT molecular complexity index is 589. The van der Waals surface area contributed by atoms with Crippen LogP contribution in [0.5, 0.6) is 11.5 Å². The summed E-state index contributed by atoms with van der Waals surface area (Å²) in [7, 11) is 3.30. The summed E-state index contributed by atoms with van der Waals surface area (Å²) in [6, 6.07) is 6.42. The molecule has 138 valence electrons. The van der Waals surface area contributed by atoms with Crippen molar-refractivity contribution in [3.05, 3.63) is 23.8 Å². The lowest BCUT2D eigenvalue weighted by Crippen LogP contribution is -2.45. The maximum Gasteiger partial charge on any atom is 0.160 e. The van der Waals surface area contributed by atoms with E-state index in [1.807, 2.05) is 12.1 Å². The maximum atomic E-state index is 11.6. The van der Waals surface area contributed by atoms with Crippen LogP contribution in [0.4, 0.5) is 0 Å². The standard InChI is InChI=1S/C20H29NO4/c1-23-19-8-7-15(13-20(19)24-2)10-12-25-18-6-4-3-5-17(18)21-11-9-16(22)14-21/h7-8,13,17-18H,3-6,9-12,14H2,1-2H3/t17-,18-/m0/s1. The summed E-state index contributed by atoms with van der Waals surface area (Å²) in [6.45, 7) is 2.21. The predicted octanol–water partition coefficient (Wildman–Crippen LogP) is 2.85. The van der Waals surface area contributed by atoms with E-state index in [1.54, 1.807) is 14.2 Å².